The number of hydrogen-bond donors (Lipinski definition) is 0. The van der Waals surface area contributed by atoms with Gasteiger partial charge in [0, 0.05) is 17.8 Å². The van der Waals surface area contributed by atoms with Crippen molar-refractivity contribution in [1.29, 1.82) is 0 Å². The molecule has 0 spiro atoms. The molecule has 172 valence electrons. The predicted octanol–water partition coefficient (Wildman–Crippen LogP) is 4.70. The standard InChI is InChI=1S/C28H24O6/c29-25(19-10-4-1-5-11-19)32-18-28-17-22(28)23(33-26(30)20-12-6-2-7-13-20)16-24(28)34-27(31)21-14-8-3-9-15-21/h1-15,22-24H,16-18H2/t22-,23-,24+,28+/m1/s1. The van der Waals surface area contributed by atoms with E-state index in [1.165, 1.54) is 0 Å². The molecule has 34 heavy (non-hydrogen) atoms. The predicted molar refractivity (Wildman–Crippen MR) is 123 cm³/mol. The molecule has 2 saturated carbocycles. The summed E-state index contributed by atoms with van der Waals surface area (Å²) in [6.45, 7) is 0.0948. The van der Waals surface area contributed by atoms with Crippen LogP contribution in [-0.4, -0.2) is 36.7 Å². The number of carbonyl (C=O) groups excluding carboxylic acids is 3. The zero-order valence-electron chi connectivity index (χ0n) is 18.5. The van der Waals surface area contributed by atoms with Gasteiger partial charge >= 0.3 is 17.9 Å². The molecule has 0 aliphatic heterocycles. The quantitative estimate of drug-likeness (QED) is 0.379. The molecule has 0 bridgehead atoms. The highest BCUT2D eigenvalue weighted by Crippen LogP contribution is 2.65. The number of esters is 3. The minimum atomic E-state index is -0.559. The van der Waals surface area contributed by atoms with Crippen LogP contribution in [0.3, 0.4) is 0 Å². The van der Waals surface area contributed by atoms with Gasteiger partial charge < -0.3 is 14.2 Å². The Balaban J connectivity index is 1.31. The largest absolute Gasteiger partial charge is 0.461 e. The van der Waals surface area contributed by atoms with Crippen LogP contribution in [0.15, 0.2) is 91.0 Å². The number of carbonyl (C=O) groups is 3. The zero-order valence-corrected chi connectivity index (χ0v) is 18.5. The van der Waals surface area contributed by atoms with Crippen LogP contribution in [0.4, 0.5) is 0 Å². The number of benzene rings is 3. The second-order valence-electron chi connectivity index (χ2n) is 8.79. The molecule has 2 aliphatic carbocycles. The monoisotopic (exact) mass is 456 g/mol. The molecule has 0 saturated heterocycles. The van der Waals surface area contributed by atoms with Gasteiger partial charge in [-0.1, -0.05) is 54.6 Å². The first-order valence-electron chi connectivity index (χ1n) is 11.3. The summed E-state index contributed by atoms with van der Waals surface area (Å²) in [6, 6.07) is 26.3. The first-order valence-corrected chi connectivity index (χ1v) is 11.3. The Morgan fingerprint density at radius 3 is 1.68 bits per heavy atom. The molecular formula is C28H24O6. The van der Waals surface area contributed by atoms with Crippen molar-refractivity contribution in [2.45, 2.75) is 25.0 Å². The van der Waals surface area contributed by atoms with Crippen LogP contribution in [-0.2, 0) is 14.2 Å². The van der Waals surface area contributed by atoms with Crippen molar-refractivity contribution in [3.63, 3.8) is 0 Å². The van der Waals surface area contributed by atoms with Gasteiger partial charge in [-0.2, -0.15) is 0 Å². The number of hydrogen-bond acceptors (Lipinski definition) is 6. The summed E-state index contributed by atoms with van der Waals surface area (Å²) in [6.07, 6.45) is 0.0678. The van der Waals surface area contributed by atoms with E-state index in [-0.39, 0.29) is 12.5 Å². The molecule has 0 aromatic heterocycles. The Morgan fingerprint density at radius 2 is 1.15 bits per heavy atom. The van der Waals surface area contributed by atoms with Gasteiger partial charge in [0.1, 0.15) is 18.8 Å². The van der Waals surface area contributed by atoms with E-state index >= 15 is 0 Å². The van der Waals surface area contributed by atoms with Crippen LogP contribution in [0, 0.1) is 11.3 Å². The number of ether oxygens (including phenoxy) is 3. The molecule has 5 rings (SSSR count). The van der Waals surface area contributed by atoms with Crippen molar-refractivity contribution in [2.24, 2.45) is 11.3 Å². The molecular weight excluding hydrogens is 432 g/mol. The van der Waals surface area contributed by atoms with Crippen LogP contribution in [0.2, 0.25) is 0 Å². The van der Waals surface area contributed by atoms with Gasteiger partial charge in [0.2, 0.25) is 0 Å². The maximum atomic E-state index is 12.8. The van der Waals surface area contributed by atoms with Crippen LogP contribution in [0.25, 0.3) is 0 Å². The highest BCUT2D eigenvalue weighted by Gasteiger charge is 2.71. The summed E-state index contributed by atoms with van der Waals surface area (Å²) < 4.78 is 17.3. The van der Waals surface area contributed by atoms with E-state index in [1.807, 2.05) is 18.2 Å². The highest BCUT2D eigenvalue weighted by atomic mass is 16.6. The average Bonchev–Trinajstić information content (AvgIpc) is 3.57. The summed E-state index contributed by atoms with van der Waals surface area (Å²) >= 11 is 0. The third-order valence-electron chi connectivity index (χ3n) is 6.72. The summed E-state index contributed by atoms with van der Waals surface area (Å²) in [4.78, 5) is 38.0. The van der Waals surface area contributed by atoms with Gasteiger partial charge in [-0.3, -0.25) is 0 Å². The second-order valence-corrected chi connectivity index (χ2v) is 8.79. The Bertz CT molecular complexity index is 1180. The molecule has 0 heterocycles. The van der Waals surface area contributed by atoms with Crippen LogP contribution >= 0.6 is 0 Å². The van der Waals surface area contributed by atoms with Crippen LogP contribution in [0.5, 0.6) is 0 Å². The van der Waals surface area contributed by atoms with Gasteiger partial charge in [-0.25, -0.2) is 14.4 Å². The van der Waals surface area contributed by atoms with Gasteiger partial charge in [0.15, 0.2) is 0 Å². The molecule has 0 amide bonds. The van der Waals surface area contributed by atoms with E-state index in [1.54, 1.807) is 72.8 Å². The Morgan fingerprint density at radius 1 is 0.676 bits per heavy atom. The van der Waals surface area contributed by atoms with E-state index < -0.39 is 35.5 Å². The fraction of sp³-hybridized carbons (Fsp3) is 0.250. The van der Waals surface area contributed by atoms with Crippen molar-refractivity contribution >= 4 is 17.9 Å². The van der Waals surface area contributed by atoms with Gasteiger partial charge in [0.25, 0.3) is 0 Å². The molecule has 0 unspecified atom stereocenters. The normalized spacial score (nSPS) is 24.5. The average molecular weight is 456 g/mol. The topological polar surface area (TPSA) is 78.9 Å². The van der Waals surface area contributed by atoms with Crippen molar-refractivity contribution in [3.8, 4) is 0 Å². The van der Waals surface area contributed by atoms with Crippen LogP contribution < -0.4 is 0 Å². The maximum Gasteiger partial charge on any atom is 0.338 e. The van der Waals surface area contributed by atoms with E-state index in [4.69, 9.17) is 14.2 Å². The lowest BCUT2D eigenvalue weighted by molar-refractivity contribution is -0.0109. The molecule has 6 nitrogen and oxygen atoms in total. The van der Waals surface area contributed by atoms with Crippen molar-refractivity contribution < 1.29 is 28.6 Å². The molecule has 0 N–H and O–H groups in total. The molecule has 3 aromatic carbocycles. The lowest BCUT2D eigenvalue weighted by Gasteiger charge is -2.23. The van der Waals surface area contributed by atoms with Gasteiger partial charge in [-0.15, -0.1) is 0 Å². The Kier molecular flexibility index (Phi) is 5.88. The maximum absolute atomic E-state index is 12.8. The Labute approximate surface area is 197 Å². The van der Waals surface area contributed by atoms with Crippen LogP contribution in [0.1, 0.15) is 43.9 Å². The molecule has 2 aliphatic rings. The fourth-order valence-corrected chi connectivity index (χ4v) is 4.80. The molecule has 6 heteroatoms. The highest BCUT2D eigenvalue weighted by molar-refractivity contribution is 5.90. The lowest BCUT2D eigenvalue weighted by Crippen LogP contribution is -2.31. The summed E-state index contributed by atoms with van der Waals surface area (Å²) in [5.74, 6) is -1.33. The van der Waals surface area contributed by atoms with Crippen molar-refractivity contribution in [2.75, 3.05) is 6.61 Å². The molecule has 2 fully saturated rings. The third-order valence-corrected chi connectivity index (χ3v) is 6.72. The van der Waals surface area contributed by atoms with E-state index in [9.17, 15) is 14.4 Å². The minimum Gasteiger partial charge on any atom is -0.461 e. The lowest BCUT2D eigenvalue weighted by atomic mass is 10.0. The first-order chi connectivity index (χ1) is 16.6. The SMILES string of the molecule is O=C(OC[C@@]12C[C@@H]1[C@H](OC(=O)c1ccccc1)C[C@@H]2OC(=O)c1ccccc1)c1ccccc1. The van der Waals surface area contributed by atoms with E-state index in [2.05, 4.69) is 0 Å². The van der Waals surface area contributed by atoms with E-state index in [0.717, 1.165) is 0 Å². The van der Waals surface area contributed by atoms with E-state index in [0.29, 0.717) is 29.5 Å². The van der Waals surface area contributed by atoms with Gasteiger partial charge in [0.05, 0.1) is 16.7 Å². The second kappa shape index (κ2) is 9.14. The number of fused-ring (bicyclic) bond motifs is 1. The molecule has 4 atom stereocenters. The first kappa shape index (κ1) is 21.9. The van der Waals surface area contributed by atoms with Gasteiger partial charge in [-0.05, 0) is 42.8 Å². The fourth-order valence-electron chi connectivity index (χ4n) is 4.80. The summed E-state index contributed by atoms with van der Waals surface area (Å²) in [5.41, 5.74) is 0.810. The smallest absolute Gasteiger partial charge is 0.338 e. The summed E-state index contributed by atoms with van der Waals surface area (Å²) in [5, 5.41) is 0. The Hall–Kier alpha value is -3.93. The summed E-state index contributed by atoms with van der Waals surface area (Å²) in [7, 11) is 0. The van der Waals surface area contributed by atoms with Crippen molar-refractivity contribution in [1.82, 2.24) is 0 Å². The van der Waals surface area contributed by atoms with Crippen molar-refractivity contribution in [3.05, 3.63) is 108 Å². The minimum absolute atomic E-state index is 0.0442. The molecule has 0 radical (unpaired) electrons. The third kappa shape index (κ3) is 4.31. The molecule has 3 aromatic rings. The number of rotatable bonds is 7. The zero-order chi connectivity index (χ0) is 23.5.